The summed E-state index contributed by atoms with van der Waals surface area (Å²) in [6.07, 6.45) is 5.52. The van der Waals surface area contributed by atoms with Crippen LogP contribution in [0.1, 0.15) is 46.2 Å². The highest BCUT2D eigenvalue weighted by Crippen LogP contribution is 2.36. The number of ether oxygens (including phenoxy) is 1. The fraction of sp³-hybridized carbons (Fsp3) is 0.412. The Morgan fingerprint density at radius 2 is 2.00 bits per heavy atom. The van der Waals surface area contributed by atoms with E-state index >= 15 is 0 Å². The van der Waals surface area contributed by atoms with Gasteiger partial charge in [0.15, 0.2) is 0 Å². The molecule has 0 radical (unpaired) electrons. The molecule has 2 aromatic rings. The number of halogens is 1. The molecule has 0 aliphatic heterocycles. The van der Waals surface area contributed by atoms with Crippen LogP contribution in [-0.4, -0.2) is 12.2 Å². The fourth-order valence-electron chi connectivity index (χ4n) is 2.84. The van der Waals surface area contributed by atoms with Crippen molar-refractivity contribution in [3.05, 3.63) is 50.2 Å². The quantitative estimate of drug-likeness (QED) is 0.825. The first-order valence-corrected chi connectivity index (χ1v) is 8.51. The molecule has 0 saturated carbocycles. The fourth-order valence-corrected chi connectivity index (χ4v) is 4.30. The first-order valence-electron chi connectivity index (χ1n) is 7.32. The summed E-state index contributed by atoms with van der Waals surface area (Å²) >= 11 is 7.79. The van der Waals surface area contributed by atoms with E-state index < -0.39 is 6.10 Å². The van der Waals surface area contributed by atoms with Gasteiger partial charge in [-0.3, -0.25) is 0 Å². The Hall–Kier alpha value is -1.03. The molecule has 1 aromatic carbocycles. The normalized spacial score (nSPS) is 16.1. The Balaban J connectivity index is 1.89. The molecule has 1 heterocycles. The summed E-state index contributed by atoms with van der Waals surface area (Å²) < 4.78 is 5.23. The maximum absolute atomic E-state index is 10.6. The maximum Gasteiger partial charge on any atom is 0.137 e. The lowest BCUT2D eigenvalue weighted by Crippen LogP contribution is -1.98. The zero-order valence-corrected chi connectivity index (χ0v) is 13.6. The molecule has 0 saturated heterocycles. The van der Waals surface area contributed by atoms with Crippen LogP contribution in [0.5, 0.6) is 5.75 Å². The molecule has 4 heteroatoms. The van der Waals surface area contributed by atoms with E-state index in [0.717, 1.165) is 23.3 Å². The van der Waals surface area contributed by atoms with E-state index in [4.69, 9.17) is 16.3 Å². The minimum Gasteiger partial charge on any atom is -0.495 e. The lowest BCUT2D eigenvalue weighted by Gasteiger charge is -2.11. The Morgan fingerprint density at radius 3 is 2.81 bits per heavy atom. The molecule has 112 valence electrons. The zero-order valence-electron chi connectivity index (χ0n) is 12.1. The first kappa shape index (κ1) is 14.9. The summed E-state index contributed by atoms with van der Waals surface area (Å²) in [5.74, 6) is 0.603. The van der Waals surface area contributed by atoms with Gasteiger partial charge in [0.1, 0.15) is 11.9 Å². The molecular formula is C17H19ClO2S. The number of aliphatic hydroxyl groups is 1. The standard InChI is InChI=1S/C17H19ClO2S/c1-20-14-9-12(7-8-13(14)18)17(19)16-10-11-5-3-2-4-6-15(11)21-16/h7-10,17,19H,2-6H2,1H3. The van der Waals surface area contributed by atoms with Gasteiger partial charge in [0.25, 0.3) is 0 Å². The van der Waals surface area contributed by atoms with Gasteiger partial charge in [0.05, 0.1) is 12.1 Å². The van der Waals surface area contributed by atoms with Crippen molar-refractivity contribution in [2.75, 3.05) is 7.11 Å². The second-order valence-corrected chi connectivity index (χ2v) is 7.03. The van der Waals surface area contributed by atoms with E-state index in [0.29, 0.717) is 10.8 Å². The summed E-state index contributed by atoms with van der Waals surface area (Å²) in [4.78, 5) is 2.47. The van der Waals surface area contributed by atoms with Crippen LogP contribution in [0.15, 0.2) is 24.3 Å². The molecule has 3 rings (SSSR count). The topological polar surface area (TPSA) is 29.5 Å². The number of aryl methyl sites for hydroxylation is 2. The average Bonchev–Trinajstić information content (AvgIpc) is 2.78. The summed E-state index contributed by atoms with van der Waals surface area (Å²) in [6, 6.07) is 7.63. The van der Waals surface area contributed by atoms with Crippen LogP contribution < -0.4 is 4.74 Å². The molecule has 1 atom stereocenters. The Morgan fingerprint density at radius 1 is 1.19 bits per heavy atom. The van der Waals surface area contributed by atoms with Crippen LogP contribution in [0.4, 0.5) is 0 Å². The second kappa shape index (κ2) is 6.39. The SMILES string of the molecule is COc1cc(C(O)c2cc3c(s2)CCCCC3)ccc1Cl. The molecule has 0 fully saturated rings. The van der Waals surface area contributed by atoms with E-state index in [1.165, 1.54) is 29.7 Å². The summed E-state index contributed by atoms with van der Waals surface area (Å²) in [6.45, 7) is 0. The minimum atomic E-state index is -0.604. The van der Waals surface area contributed by atoms with Crippen LogP contribution in [-0.2, 0) is 12.8 Å². The zero-order chi connectivity index (χ0) is 14.8. The van der Waals surface area contributed by atoms with Gasteiger partial charge in [-0.25, -0.2) is 0 Å². The molecule has 0 spiro atoms. The second-order valence-electron chi connectivity index (χ2n) is 5.45. The molecule has 1 N–H and O–H groups in total. The molecule has 1 aromatic heterocycles. The van der Waals surface area contributed by atoms with Gasteiger partial charge in [-0.1, -0.05) is 24.1 Å². The molecule has 0 amide bonds. The van der Waals surface area contributed by atoms with Gasteiger partial charge in [0, 0.05) is 9.75 Å². The van der Waals surface area contributed by atoms with Gasteiger partial charge in [-0.05, 0) is 55.0 Å². The molecule has 1 aliphatic carbocycles. The van der Waals surface area contributed by atoms with Crippen LogP contribution in [0.2, 0.25) is 5.02 Å². The third kappa shape index (κ3) is 3.10. The highest BCUT2D eigenvalue weighted by Gasteiger charge is 2.19. The summed E-state index contributed by atoms with van der Waals surface area (Å²) in [7, 11) is 1.59. The number of rotatable bonds is 3. The summed E-state index contributed by atoms with van der Waals surface area (Å²) in [5.41, 5.74) is 2.25. The molecule has 0 bridgehead atoms. The highest BCUT2D eigenvalue weighted by molar-refractivity contribution is 7.12. The number of aliphatic hydroxyl groups excluding tert-OH is 1. The molecular weight excluding hydrogens is 304 g/mol. The Labute approximate surface area is 134 Å². The van der Waals surface area contributed by atoms with Gasteiger partial charge < -0.3 is 9.84 Å². The predicted octanol–water partition coefficient (Wildman–Crippen LogP) is 4.76. The lowest BCUT2D eigenvalue weighted by molar-refractivity contribution is 0.223. The number of thiophene rings is 1. The number of hydrogen-bond donors (Lipinski definition) is 1. The third-order valence-corrected chi connectivity index (χ3v) is 5.63. The smallest absolute Gasteiger partial charge is 0.137 e. The molecule has 1 aliphatic rings. The van der Waals surface area contributed by atoms with Crippen molar-refractivity contribution >= 4 is 22.9 Å². The highest BCUT2D eigenvalue weighted by atomic mass is 35.5. The molecule has 1 unspecified atom stereocenters. The van der Waals surface area contributed by atoms with E-state index in [1.54, 1.807) is 24.5 Å². The molecule has 21 heavy (non-hydrogen) atoms. The predicted molar refractivity (Wildman–Crippen MR) is 87.6 cm³/mol. The van der Waals surface area contributed by atoms with Crippen molar-refractivity contribution < 1.29 is 9.84 Å². The van der Waals surface area contributed by atoms with E-state index in [-0.39, 0.29) is 0 Å². The van der Waals surface area contributed by atoms with Crippen molar-refractivity contribution in [1.82, 2.24) is 0 Å². The number of fused-ring (bicyclic) bond motifs is 1. The van der Waals surface area contributed by atoms with E-state index in [1.807, 2.05) is 12.1 Å². The largest absolute Gasteiger partial charge is 0.495 e. The van der Waals surface area contributed by atoms with Crippen molar-refractivity contribution in [3.8, 4) is 5.75 Å². The van der Waals surface area contributed by atoms with Gasteiger partial charge >= 0.3 is 0 Å². The van der Waals surface area contributed by atoms with Crippen LogP contribution in [0.3, 0.4) is 0 Å². The van der Waals surface area contributed by atoms with Crippen molar-refractivity contribution in [3.63, 3.8) is 0 Å². The maximum atomic E-state index is 10.6. The monoisotopic (exact) mass is 322 g/mol. The third-order valence-electron chi connectivity index (χ3n) is 4.03. The summed E-state index contributed by atoms with van der Waals surface area (Å²) in [5, 5.41) is 11.2. The van der Waals surface area contributed by atoms with E-state index in [2.05, 4.69) is 6.07 Å². The van der Waals surface area contributed by atoms with Gasteiger partial charge in [-0.2, -0.15) is 0 Å². The lowest BCUT2D eigenvalue weighted by atomic mass is 10.1. The molecule has 2 nitrogen and oxygen atoms in total. The first-order chi connectivity index (χ1) is 10.2. The van der Waals surface area contributed by atoms with Crippen molar-refractivity contribution in [2.45, 2.75) is 38.2 Å². The van der Waals surface area contributed by atoms with Gasteiger partial charge in [-0.15, -0.1) is 11.3 Å². The minimum absolute atomic E-state index is 0.565. The average molecular weight is 323 g/mol. The number of methoxy groups -OCH3 is 1. The number of hydrogen-bond acceptors (Lipinski definition) is 3. The van der Waals surface area contributed by atoms with Crippen LogP contribution in [0.25, 0.3) is 0 Å². The Bertz CT molecular complexity index is 612. The van der Waals surface area contributed by atoms with Crippen molar-refractivity contribution in [1.29, 1.82) is 0 Å². The number of benzene rings is 1. The van der Waals surface area contributed by atoms with Crippen LogP contribution in [0, 0.1) is 0 Å². The van der Waals surface area contributed by atoms with Gasteiger partial charge in [0.2, 0.25) is 0 Å². The Kier molecular flexibility index (Phi) is 4.53. The van der Waals surface area contributed by atoms with E-state index in [9.17, 15) is 5.11 Å². The van der Waals surface area contributed by atoms with Crippen LogP contribution >= 0.6 is 22.9 Å². The van der Waals surface area contributed by atoms with Crippen molar-refractivity contribution in [2.24, 2.45) is 0 Å².